The number of hydrogen-bond acceptors (Lipinski definition) is 4. The molecule has 1 aromatic rings. The predicted molar refractivity (Wildman–Crippen MR) is 62.7 cm³/mol. The highest BCUT2D eigenvalue weighted by Crippen LogP contribution is 2.11. The summed E-state index contributed by atoms with van der Waals surface area (Å²) >= 11 is 0. The van der Waals surface area contributed by atoms with E-state index < -0.39 is 0 Å². The zero-order valence-electron chi connectivity index (χ0n) is 10.1. The molecule has 1 rings (SSSR count). The van der Waals surface area contributed by atoms with Gasteiger partial charge in [0, 0.05) is 7.11 Å². The van der Waals surface area contributed by atoms with Gasteiger partial charge >= 0.3 is 0 Å². The van der Waals surface area contributed by atoms with Crippen molar-refractivity contribution in [2.24, 2.45) is 0 Å². The van der Waals surface area contributed by atoms with E-state index in [1.807, 2.05) is 24.3 Å². The zero-order chi connectivity index (χ0) is 12.5. The lowest BCUT2D eigenvalue weighted by Crippen LogP contribution is -2.26. The minimum atomic E-state index is -0.189. The number of nitrogens with one attached hydrogen (secondary N) is 1. The van der Waals surface area contributed by atoms with Gasteiger partial charge in [-0.05, 0) is 17.7 Å². The number of hydrogen-bond donors (Lipinski definition) is 1. The highest BCUT2D eigenvalue weighted by molar-refractivity contribution is 5.77. The molecule has 5 heteroatoms. The fourth-order valence-corrected chi connectivity index (χ4v) is 1.22. The number of methoxy groups -OCH3 is 2. The number of amides is 1. The molecule has 0 heterocycles. The summed E-state index contributed by atoms with van der Waals surface area (Å²) in [5.41, 5.74) is 3.25. The van der Waals surface area contributed by atoms with Crippen LogP contribution in [-0.4, -0.2) is 33.3 Å². The summed E-state index contributed by atoms with van der Waals surface area (Å²) in [5, 5.41) is 0. The first kappa shape index (κ1) is 13.5. The molecule has 5 nitrogen and oxygen atoms in total. The Morgan fingerprint density at radius 3 is 2.47 bits per heavy atom. The van der Waals surface area contributed by atoms with Crippen LogP contribution in [0.5, 0.6) is 5.75 Å². The van der Waals surface area contributed by atoms with Crippen LogP contribution in [0.3, 0.4) is 0 Å². The minimum absolute atomic E-state index is 0.189. The van der Waals surface area contributed by atoms with E-state index in [-0.39, 0.29) is 12.3 Å². The summed E-state index contributed by atoms with van der Waals surface area (Å²) in [6.45, 7) is 0.785. The monoisotopic (exact) mass is 239 g/mol. The largest absolute Gasteiger partial charge is 0.497 e. The quantitative estimate of drug-likeness (QED) is 0.568. The highest BCUT2D eigenvalue weighted by Gasteiger charge is 2.03. The van der Waals surface area contributed by atoms with E-state index in [0.29, 0.717) is 13.2 Å². The molecule has 0 fully saturated rings. The molecule has 17 heavy (non-hydrogen) atoms. The zero-order valence-corrected chi connectivity index (χ0v) is 10.1. The molecule has 94 valence electrons. The topological polar surface area (TPSA) is 56.8 Å². The number of ether oxygens (including phenoxy) is 2. The number of carbonyl (C=O) groups excluding carboxylic acids is 1. The first-order valence-corrected chi connectivity index (χ1v) is 5.28. The Bertz CT molecular complexity index is 337. The second-order valence-electron chi connectivity index (χ2n) is 3.39. The van der Waals surface area contributed by atoms with Crippen LogP contribution in [0.15, 0.2) is 24.3 Å². The van der Waals surface area contributed by atoms with Crippen molar-refractivity contribution in [2.75, 3.05) is 27.4 Å². The molecule has 0 bridgehead atoms. The van der Waals surface area contributed by atoms with E-state index >= 15 is 0 Å². The van der Waals surface area contributed by atoms with Crippen LogP contribution < -0.4 is 10.2 Å². The van der Waals surface area contributed by atoms with Gasteiger partial charge in [-0.25, -0.2) is 5.48 Å². The molecule has 0 spiro atoms. The van der Waals surface area contributed by atoms with Gasteiger partial charge in [-0.3, -0.25) is 9.63 Å². The highest BCUT2D eigenvalue weighted by atomic mass is 16.7. The summed E-state index contributed by atoms with van der Waals surface area (Å²) in [6.07, 6.45) is 0.275. The Labute approximate surface area is 101 Å². The molecule has 1 N–H and O–H groups in total. The molecule has 0 saturated heterocycles. The summed E-state index contributed by atoms with van der Waals surface area (Å²) in [5.74, 6) is 0.580. The summed E-state index contributed by atoms with van der Waals surface area (Å²) in [4.78, 5) is 16.3. The van der Waals surface area contributed by atoms with Crippen LogP contribution in [0, 0.1) is 0 Å². The fourth-order valence-electron chi connectivity index (χ4n) is 1.22. The lowest BCUT2D eigenvalue weighted by Gasteiger charge is -2.06. The van der Waals surface area contributed by atoms with Gasteiger partial charge < -0.3 is 9.47 Å². The number of hydroxylamine groups is 1. The molecule has 0 unspecified atom stereocenters. The molecule has 0 saturated carbocycles. The maximum Gasteiger partial charge on any atom is 0.247 e. The van der Waals surface area contributed by atoms with Crippen LogP contribution in [0.25, 0.3) is 0 Å². The van der Waals surface area contributed by atoms with E-state index in [4.69, 9.17) is 14.3 Å². The van der Waals surface area contributed by atoms with Crippen molar-refractivity contribution in [1.29, 1.82) is 0 Å². The lowest BCUT2D eigenvalue weighted by atomic mass is 10.1. The van der Waals surface area contributed by atoms with E-state index in [0.717, 1.165) is 11.3 Å². The number of rotatable bonds is 7. The third-order valence-corrected chi connectivity index (χ3v) is 2.10. The smallest absolute Gasteiger partial charge is 0.247 e. The SMILES string of the molecule is COCCONC(=O)Cc1ccc(OC)cc1. The van der Waals surface area contributed by atoms with Gasteiger partial charge in [-0.1, -0.05) is 12.1 Å². The van der Waals surface area contributed by atoms with Crippen molar-refractivity contribution >= 4 is 5.91 Å². The normalized spacial score (nSPS) is 10.0. The molecule has 0 aliphatic heterocycles. The van der Waals surface area contributed by atoms with Crippen molar-refractivity contribution in [3.05, 3.63) is 29.8 Å². The molecule has 0 atom stereocenters. The van der Waals surface area contributed by atoms with E-state index in [9.17, 15) is 4.79 Å². The van der Waals surface area contributed by atoms with E-state index in [1.54, 1.807) is 14.2 Å². The van der Waals surface area contributed by atoms with Crippen molar-refractivity contribution in [3.63, 3.8) is 0 Å². The standard InChI is InChI=1S/C12H17NO4/c1-15-7-8-17-13-12(14)9-10-3-5-11(16-2)6-4-10/h3-6H,7-9H2,1-2H3,(H,13,14). The molecule has 0 aromatic heterocycles. The van der Waals surface area contributed by atoms with Crippen LogP contribution in [0.1, 0.15) is 5.56 Å². The number of carbonyl (C=O) groups is 1. The van der Waals surface area contributed by atoms with Gasteiger partial charge in [0.15, 0.2) is 0 Å². The van der Waals surface area contributed by atoms with Crippen molar-refractivity contribution in [3.8, 4) is 5.75 Å². The third kappa shape index (κ3) is 5.33. The van der Waals surface area contributed by atoms with Gasteiger partial charge in [0.05, 0.1) is 26.7 Å². The van der Waals surface area contributed by atoms with E-state index in [2.05, 4.69) is 5.48 Å². The Hall–Kier alpha value is -1.59. The molecule has 1 amide bonds. The summed E-state index contributed by atoms with van der Waals surface area (Å²) in [7, 11) is 3.17. The van der Waals surface area contributed by atoms with Gasteiger partial charge in [0.2, 0.25) is 5.91 Å². The van der Waals surface area contributed by atoms with Gasteiger partial charge in [0.1, 0.15) is 5.75 Å². The molecule has 0 aliphatic rings. The Kier molecular flexibility index (Phi) is 6.06. The molecular formula is C12H17NO4. The molecule has 1 aromatic carbocycles. The fraction of sp³-hybridized carbons (Fsp3) is 0.417. The molecule has 0 radical (unpaired) electrons. The van der Waals surface area contributed by atoms with Crippen LogP contribution >= 0.6 is 0 Å². The van der Waals surface area contributed by atoms with Gasteiger partial charge in [0.25, 0.3) is 0 Å². The summed E-state index contributed by atoms with van der Waals surface area (Å²) < 4.78 is 9.80. The van der Waals surface area contributed by atoms with Gasteiger partial charge in [-0.2, -0.15) is 0 Å². The maximum absolute atomic E-state index is 11.4. The second kappa shape index (κ2) is 7.65. The van der Waals surface area contributed by atoms with E-state index in [1.165, 1.54) is 0 Å². The molecular weight excluding hydrogens is 222 g/mol. The number of benzene rings is 1. The Balaban J connectivity index is 2.29. The summed E-state index contributed by atoms with van der Waals surface area (Å²) in [6, 6.07) is 7.31. The first-order valence-electron chi connectivity index (χ1n) is 5.28. The van der Waals surface area contributed by atoms with Crippen LogP contribution in [-0.2, 0) is 20.8 Å². The molecule has 0 aliphatic carbocycles. The van der Waals surface area contributed by atoms with Crippen molar-refractivity contribution < 1.29 is 19.1 Å². The van der Waals surface area contributed by atoms with Crippen LogP contribution in [0.2, 0.25) is 0 Å². The average Bonchev–Trinajstić information content (AvgIpc) is 2.36. The third-order valence-electron chi connectivity index (χ3n) is 2.10. The predicted octanol–water partition coefficient (Wildman–Crippen LogP) is 0.932. The lowest BCUT2D eigenvalue weighted by molar-refractivity contribution is -0.133. The Morgan fingerprint density at radius 2 is 1.88 bits per heavy atom. The van der Waals surface area contributed by atoms with Crippen LogP contribution in [0.4, 0.5) is 0 Å². The van der Waals surface area contributed by atoms with Crippen molar-refractivity contribution in [1.82, 2.24) is 5.48 Å². The minimum Gasteiger partial charge on any atom is -0.497 e. The maximum atomic E-state index is 11.4. The average molecular weight is 239 g/mol. The Morgan fingerprint density at radius 1 is 1.18 bits per heavy atom. The van der Waals surface area contributed by atoms with Gasteiger partial charge in [-0.15, -0.1) is 0 Å². The second-order valence-corrected chi connectivity index (χ2v) is 3.39. The first-order chi connectivity index (χ1) is 8.26. The van der Waals surface area contributed by atoms with Crippen molar-refractivity contribution in [2.45, 2.75) is 6.42 Å².